The first-order chi connectivity index (χ1) is 17.0. The Morgan fingerprint density at radius 2 is 1.61 bits per heavy atom. The quantitative estimate of drug-likeness (QED) is 0.137. The van der Waals surface area contributed by atoms with Gasteiger partial charge in [0.15, 0.2) is 11.6 Å². The molecule has 0 heterocycles. The largest absolute Gasteiger partial charge is 0.461 e. The van der Waals surface area contributed by atoms with Crippen molar-refractivity contribution in [3.8, 4) is 11.5 Å². The Kier molecular flexibility index (Phi) is 9.24. The van der Waals surface area contributed by atoms with Crippen LogP contribution in [0.15, 0.2) is 30.3 Å². The molecule has 0 aliphatic heterocycles. The van der Waals surface area contributed by atoms with E-state index in [0.717, 1.165) is 56.7 Å². The molecule has 3 nitrogen and oxygen atoms in total. The van der Waals surface area contributed by atoms with Gasteiger partial charge in [0, 0.05) is 6.07 Å². The summed E-state index contributed by atoms with van der Waals surface area (Å²) in [6.45, 7) is 2.14. The molecule has 0 amide bonds. The molecule has 10 heteroatoms. The van der Waals surface area contributed by atoms with Crippen LogP contribution in [-0.2, 0) is 0 Å². The van der Waals surface area contributed by atoms with Gasteiger partial charge in [-0.25, -0.2) is 18.0 Å². The van der Waals surface area contributed by atoms with Crippen LogP contribution >= 0.6 is 0 Å². The first-order valence-corrected chi connectivity index (χ1v) is 11.9. The van der Waals surface area contributed by atoms with Crippen LogP contribution < -0.4 is 9.47 Å². The molecular formula is C26H27F7O3. The zero-order chi connectivity index (χ0) is 26.5. The van der Waals surface area contributed by atoms with E-state index in [2.05, 4.69) is 11.7 Å². The van der Waals surface area contributed by atoms with Crippen molar-refractivity contribution in [2.75, 3.05) is 0 Å². The summed E-state index contributed by atoms with van der Waals surface area (Å²) in [5.74, 6) is -6.53. The van der Waals surface area contributed by atoms with E-state index < -0.39 is 53.0 Å². The molecule has 0 unspecified atom stereocenters. The predicted molar refractivity (Wildman–Crippen MR) is 118 cm³/mol. The monoisotopic (exact) mass is 520 g/mol. The number of hydrogen-bond acceptors (Lipinski definition) is 3. The highest BCUT2D eigenvalue weighted by atomic mass is 19.3. The minimum absolute atomic E-state index is 0.0329. The Morgan fingerprint density at radius 1 is 0.972 bits per heavy atom. The summed E-state index contributed by atoms with van der Waals surface area (Å²) in [7, 11) is 0. The van der Waals surface area contributed by atoms with E-state index in [1.165, 1.54) is 12.8 Å². The lowest BCUT2D eigenvalue weighted by Gasteiger charge is -2.29. The molecule has 1 aliphatic rings. The molecule has 198 valence electrons. The normalized spacial score (nSPS) is 18.4. The standard InChI is InChI=1S/C26H27F7O3/c1-2-3-4-5-15-6-8-16(9-7-15)17-12-20(28)23(21(29)13-17)24(34)35-18-10-11-22(19(27)14-18)36-26(32,33)25(30)31/h10-16,25H,2-9H2,1H3/t15-,16-. The van der Waals surface area contributed by atoms with Gasteiger partial charge in [0.1, 0.15) is 22.9 Å². The molecule has 36 heavy (non-hydrogen) atoms. The summed E-state index contributed by atoms with van der Waals surface area (Å²) in [4.78, 5) is 12.4. The summed E-state index contributed by atoms with van der Waals surface area (Å²) in [5, 5.41) is 0. The van der Waals surface area contributed by atoms with Crippen molar-refractivity contribution in [2.24, 2.45) is 5.92 Å². The number of ether oxygens (including phenoxy) is 2. The van der Waals surface area contributed by atoms with Crippen molar-refractivity contribution in [2.45, 2.75) is 76.7 Å². The number of benzene rings is 2. The maximum atomic E-state index is 14.7. The second-order valence-corrected chi connectivity index (χ2v) is 9.02. The fraction of sp³-hybridized carbons (Fsp3) is 0.500. The van der Waals surface area contributed by atoms with Crippen molar-refractivity contribution < 1.29 is 45.0 Å². The van der Waals surface area contributed by atoms with Crippen LogP contribution in [0.25, 0.3) is 0 Å². The molecule has 1 aliphatic carbocycles. The highest BCUT2D eigenvalue weighted by Gasteiger charge is 2.44. The number of carbonyl (C=O) groups is 1. The zero-order valence-corrected chi connectivity index (χ0v) is 19.6. The van der Waals surface area contributed by atoms with E-state index in [-0.39, 0.29) is 5.92 Å². The van der Waals surface area contributed by atoms with Gasteiger partial charge >= 0.3 is 18.5 Å². The lowest BCUT2D eigenvalue weighted by molar-refractivity contribution is -0.254. The molecule has 0 atom stereocenters. The summed E-state index contributed by atoms with van der Waals surface area (Å²) in [6.07, 6.45) is -0.971. The summed E-state index contributed by atoms with van der Waals surface area (Å²) in [5.41, 5.74) is -0.543. The number of carbonyl (C=O) groups excluding carboxylic acids is 1. The zero-order valence-electron chi connectivity index (χ0n) is 19.6. The highest BCUT2D eigenvalue weighted by Crippen LogP contribution is 2.39. The second-order valence-electron chi connectivity index (χ2n) is 9.02. The van der Waals surface area contributed by atoms with Gasteiger partial charge < -0.3 is 9.47 Å². The van der Waals surface area contributed by atoms with E-state index in [4.69, 9.17) is 4.74 Å². The van der Waals surface area contributed by atoms with E-state index in [1.807, 2.05) is 0 Å². The Bertz CT molecular complexity index is 1030. The molecule has 2 aromatic rings. The van der Waals surface area contributed by atoms with Crippen LogP contribution in [0.1, 0.15) is 80.1 Å². The van der Waals surface area contributed by atoms with Gasteiger partial charge in [-0.05, 0) is 67.3 Å². The average molecular weight is 520 g/mol. The molecule has 3 rings (SSSR count). The van der Waals surface area contributed by atoms with Gasteiger partial charge in [0.25, 0.3) is 0 Å². The van der Waals surface area contributed by atoms with E-state index >= 15 is 0 Å². The third kappa shape index (κ3) is 6.91. The maximum absolute atomic E-state index is 14.7. The smallest absolute Gasteiger partial charge is 0.425 e. The fourth-order valence-corrected chi connectivity index (χ4v) is 4.47. The Labute approximate surface area is 204 Å². The van der Waals surface area contributed by atoms with Crippen LogP contribution in [0.4, 0.5) is 30.7 Å². The maximum Gasteiger partial charge on any atom is 0.461 e. The van der Waals surface area contributed by atoms with Gasteiger partial charge in [-0.2, -0.15) is 17.6 Å². The molecule has 0 bridgehead atoms. The summed E-state index contributed by atoms with van der Waals surface area (Å²) in [6, 6.07) is 3.87. The Hall–Kier alpha value is -2.78. The molecule has 0 radical (unpaired) electrons. The van der Waals surface area contributed by atoms with E-state index in [1.54, 1.807) is 0 Å². The van der Waals surface area contributed by atoms with Crippen molar-refractivity contribution in [3.63, 3.8) is 0 Å². The van der Waals surface area contributed by atoms with Crippen molar-refractivity contribution in [1.82, 2.24) is 0 Å². The lowest BCUT2D eigenvalue weighted by atomic mass is 9.77. The number of unbranched alkanes of at least 4 members (excludes halogenated alkanes) is 2. The third-order valence-electron chi connectivity index (χ3n) is 6.42. The topological polar surface area (TPSA) is 35.5 Å². The Morgan fingerprint density at radius 3 is 2.17 bits per heavy atom. The average Bonchev–Trinajstić information content (AvgIpc) is 2.81. The highest BCUT2D eigenvalue weighted by molar-refractivity contribution is 5.91. The van der Waals surface area contributed by atoms with E-state index in [9.17, 15) is 35.5 Å². The SMILES string of the molecule is CCCCC[C@H]1CC[C@H](c2cc(F)c(C(=O)Oc3ccc(OC(F)(F)C(F)F)c(F)c3)c(F)c2)CC1. The minimum Gasteiger partial charge on any atom is -0.425 e. The third-order valence-corrected chi connectivity index (χ3v) is 6.42. The minimum atomic E-state index is -4.94. The molecule has 1 saturated carbocycles. The van der Waals surface area contributed by atoms with Gasteiger partial charge in [-0.1, -0.05) is 32.6 Å². The second kappa shape index (κ2) is 12.0. The number of esters is 1. The van der Waals surface area contributed by atoms with Crippen LogP contribution in [0.3, 0.4) is 0 Å². The number of hydrogen-bond donors (Lipinski definition) is 0. The lowest BCUT2D eigenvalue weighted by Crippen LogP contribution is -2.33. The molecule has 0 spiro atoms. The summed E-state index contributed by atoms with van der Waals surface area (Å²) >= 11 is 0. The fourth-order valence-electron chi connectivity index (χ4n) is 4.47. The number of rotatable bonds is 10. The predicted octanol–water partition coefficient (Wildman–Crippen LogP) is 8.41. The van der Waals surface area contributed by atoms with Crippen LogP contribution in [0.5, 0.6) is 11.5 Å². The Balaban J connectivity index is 1.66. The number of halogens is 7. The van der Waals surface area contributed by atoms with Crippen molar-refractivity contribution in [1.29, 1.82) is 0 Å². The molecule has 0 aromatic heterocycles. The van der Waals surface area contributed by atoms with Crippen LogP contribution in [0, 0.1) is 23.4 Å². The van der Waals surface area contributed by atoms with Crippen molar-refractivity contribution in [3.05, 3.63) is 58.9 Å². The van der Waals surface area contributed by atoms with Gasteiger partial charge in [-0.3, -0.25) is 0 Å². The molecule has 2 aromatic carbocycles. The van der Waals surface area contributed by atoms with Crippen LogP contribution in [-0.4, -0.2) is 18.5 Å². The molecule has 1 fully saturated rings. The summed E-state index contributed by atoms with van der Waals surface area (Å²) < 4.78 is 102. The van der Waals surface area contributed by atoms with Crippen molar-refractivity contribution >= 4 is 5.97 Å². The molecule has 0 N–H and O–H groups in total. The number of alkyl halides is 4. The first-order valence-electron chi connectivity index (χ1n) is 11.9. The van der Waals surface area contributed by atoms with Gasteiger partial charge in [0.2, 0.25) is 0 Å². The first kappa shape index (κ1) is 27.8. The van der Waals surface area contributed by atoms with Crippen LogP contribution in [0.2, 0.25) is 0 Å². The van der Waals surface area contributed by atoms with E-state index in [0.29, 0.717) is 23.6 Å². The molecule has 0 saturated heterocycles. The van der Waals surface area contributed by atoms with Gasteiger partial charge in [0.05, 0.1) is 0 Å². The van der Waals surface area contributed by atoms with Gasteiger partial charge in [-0.15, -0.1) is 0 Å². The molecular weight excluding hydrogens is 493 g/mol.